The molecule has 0 bridgehead atoms. The molecule has 3 heteroatoms. The van der Waals surface area contributed by atoms with Crippen LogP contribution >= 0.6 is 0 Å². The highest BCUT2D eigenvalue weighted by atomic mass is 19.1. The number of benzene rings is 1. The summed E-state index contributed by atoms with van der Waals surface area (Å²) in [6.07, 6.45) is 6.17. The highest BCUT2D eigenvalue weighted by molar-refractivity contribution is 5.90. The van der Waals surface area contributed by atoms with Crippen LogP contribution in [-0.2, 0) is 0 Å². The average Bonchev–Trinajstić information content (AvgIpc) is 3.00. The minimum absolute atomic E-state index is 0.230. The van der Waals surface area contributed by atoms with Gasteiger partial charge in [0.05, 0.1) is 13.2 Å². The number of nitrogens with zero attached hydrogens (tertiary/aromatic N) is 1. The van der Waals surface area contributed by atoms with Crippen molar-refractivity contribution < 1.29 is 9.13 Å². The molecule has 2 nitrogen and oxygen atoms in total. The van der Waals surface area contributed by atoms with Crippen LogP contribution in [0.25, 0.3) is 5.57 Å². The normalized spacial score (nSPS) is 18.3. The fourth-order valence-electron chi connectivity index (χ4n) is 1.89. The van der Waals surface area contributed by atoms with Gasteiger partial charge in [0.15, 0.2) is 0 Å². The Kier molecular flexibility index (Phi) is 2.67. The summed E-state index contributed by atoms with van der Waals surface area (Å²) in [4.78, 5) is 4.12. The van der Waals surface area contributed by atoms with Crippen molar-refractivity contribution in [1.29, 1.82) is 0 Å². The maximum atomic E-state index is 13.3. The van der Waals surface area contributed by atoms with E-state index in [1.54, 1.807) is 12.3 Å². The fraction of sp³-hybridized carbons (Fsp3) is 0.357. The van der Waals surface area contributed by atoms with Crippen LogP contribution in [0.1, 0.15) is 18.4 Å². The van der Waals surface area contributed by atoms with Crippen molar-refractivity contribution in [3.8, 4) is 5.75 Å². The van der Waals surface area contributed by atoms with E-state index in [1.165, 1.54) is 25.0 Å². The first kappa shape index (κ1) is 10.5. The molecule has 1 aliphatic carbocycles. The van der Waals surface area contributed by atoms with Crippen molar-refractivity contribution in [3.63, 3.8) is 0 Å². The summed E-state index contributed by atoms with van der Waals surface area (Å²) in [5.41, 5.74) is 1.86. The third kappa shape index (κ3) is 2.38. The molecule has 0 radical (unpaired) electrons. The largest absolute Gasteiger partial charge is 0.493 e. The topological polar surface area (TPSA) is 21.6 Å². The lowest BCUT2D eigenvalue weighted by Gasteiger charge is -2.11. The Morgan fingerprint density at radius 2 is 2.24 bits per heavy atom. The zero-order valence-corrected chi connectivity index (χ0v) is 9.53. The number of halogens is 1. The molecule has 1 aromatic rings. The van der Waals surface area contributed by atoms with Crippen LogP contribution < -0.4 is 4.74 Å². The molecule has 0 saturated heterocycles. The summed E-state index contributed by atoms with van der Waals surface area (Å²) >= 11 is 0. The van der Waals surface area contributed by atoms with Crippen LogP contribution in [0, 0.1) is 11.7 Å². The Hall–Kier alpha value is -1.64. The first-order valence-corrected chi connectivity index (χ1v) is 5.94. The lowest BCUT2D eigenvalue weighted by molar-refractivity contribution is 0.298. The molecule has 88 valence electrons. The summed E-state index contributed by atoms with van der Waals surface area (Å²) in [6, 6.07) is 4.69. The van der Waals surface area contributed by atoms with Crippen LogP contribution in [-0.4, -0.2) is 19.4 Å². The van der Waals surface area contributed by atoms with Gasteiger partial charge in [-0.2, -0.15) is 0 Å². The third-order valence-corrected chi connectivity index (χ3v) is 3.10. The van der Waals surface area contributed by atoms with Crippen molar-refractivity contribution in [2.75, 3.05) is 13.2 Å². The SMILES string of the molecule is Fc1ccc(OCC2CC2)c(C2=CC=NC2)c1. The number of aliphatic imine (C=N–C) groups is 1. The second-order valence-corrected chi connectivity index (χ2v) is 4.58. The average molecular weight is 231 g/mol. The first-order chi connectivity index (χ1) is 8.33. The van der Waals surface area contributed by atoms with Crippen molar-refractivity contribution in [2.24, 2.45) is 10.9 Å². The molecule has 17 heavy (non-hydrogen) atoms. The van der Waals surface area contributed by atoms with Gasteiger partial charge in [0.2, 0.25) is 0 Å². The lowest BCUT2D eigenvalue weighted by atomic mass is 10.1. The standard InChI is InChI=1S/C14H14FNO/c15-12-3-4-14(17-9-10-1-2-10)13(7-12)11-5-6-16-8-11/h3-7,10H,1-2,8-9H2. The van der Waals surface area contributed by atoms with E-state index in [0.29, 0.717) is 12.5 Å². The van der Waals surface area contributed by atoms with Crippen molar-refractivity contribution in [2.45, 2.75) is 12.8 Å². The molecule has 0 N–H and O–H groups in total. The second kappa shape index (κ2) is 4.32. The highest BCUT2D eigenvalue weighted by Crippen LogP contribution is 2.33. The molecule has 0 spiro atoms. The van der Waals surface area contributed by atoms with Crippen LogP contribution in [0.2, 0.25) is 0 Å². The molecule has 0 aromatic heterocycles. The molecule has 0 unspecified atom stereocenters. The molecular formula is C14H14FNO. The Bertz CT molecular complexity index is 489. The van der Waals surface area contributed by atoms with Crippen LogP contribution in [0.4, 0.5) is 4.39 Å². The maximum Gasteiger partial charge on any atom is 0.127 e. The van der Waals surface area contributed by atoms with E-state index in [-0.39, 0.29) is 5.82 Å². The number of allylic oxidation sites excluding steroid dienone is 1. The van der Waals surface area contributed by atoms with Crippen LogP contribution in [0.3, 0.4) is 0 Å². The Labute approximate surface area is 99.8 Å². The highest BCUT2D eigenvalue weighted by Gasteiger charge is 2.22. The van der Waals surface area contributed by atoms with Gasteiger partial charge in [-0.1, -0.05) is 0 Å². The molecule has 1 fully saturated rings. The van der Waals surface area contributed by atoms with Gasteiger partial charge in [0.25, 0.3) is 0 Å². The summed E-state index contributed by atoms with van der Waals surface area (Å²) < 4.78 is 19.1. The molecule has 1 heterocycles. The van der Waals surface area contributed by atoms with E-state index in [4.69, 9.17) is 4.74 Å². The molecule has 3 rings (SSSR count). The fourth-order valence-corrected chi connectivity index (χ4v) is 1.89. The van der Waals surface area contributed by atoms with E-state index in [1.807, 2.05) is 6.08 Å². The second-order valence-electron chi connectivity index (χ2n) is 4.58. The van der Waals surface area contributed by atoms with E-state index in [2.05, 4.69) is 4.99 Å². The lowest BCUT2D eigenvalue weighted by Crippen LogP contribution is -2.02. The molecular weight excluding hydrogens is 217 g/mol. The molecule has 0 atom stereocenters. The van der Waals surface area contributed by atoms with Crippen molar-refractivity contribution in [3.05, 3.63) is 35.7 Å². The summed E-state index contributed by atoms with van der Waals surface area (Å²) in [5.74, 6) is 1.24. The van der Waals surface area contributed by atoms with Gasteiger partial charge >= 0.3 is 0 Å². The molecule has 1 aromatic carbocycles. The number of hydrogen-bond acceptors (Lipinski definition) is 2. The minimum Gasteiger partial charge on any atom is -0.493 e. The maximum absolute atomic E-state index is 13.3. The number of rotatable bonds is 4. The van der Waals surface area contributed by atoms with Gasteiger partial charge < -0.3 is 4.74 Å². The Morgan fingerprint density at radius 1 is 1.35 bits per heavy atom. The minimum atomic E-state index is -0.230. The van der Waals surface area contributed by atoms with Gasteiger partial charge in [0.1, 0.15) is 11.6 Å². The number of ether oxygens (including phenoxy) is 1. The Morgan fingerprint density at radius 3 is 2.94 bits per heavy atom. The third-order valence-electron chi connectivity index (χ3n) is 3.10. The smallest absolute Gasteiger partial charge is 0.127 e. The van der Waals surface area contributed by atoms with Gasteiger partial charge in [-0.3, -0.25) is 4.99 Å². The monoisotopic (exact) mass is 231 g/mol. The van der Waals surface area contributed by atoms with E-state index >= 15 is 0 Å². The summed E-state index contributed by atoms with van der Waals surface area (Å²) in [5, 5.41) is 0. The predicted octanol–water partition coefficient (Wildman–Crippen LogP) is 3.08. The van der Waals surface area contributed by atoms with E-state index < -0.39 is 0 Å². The zero-order chi connectivity index (χ0) is 11.7. The van der Waals surface area contributed by atoms with Crippen LogP contribution in [0.5, 0.6) is 5.75 Å². The quantitative estimate of drug-likeness (QED) is 0.780. The van der Waals surface area contributed by atoms with E-state index in [0.717, 1.165) is 23.5 Å². The van der Waals surface area contributed by atoms with Gasteiger partial charge in [0, 0.05) is 11.8 Å². The van der Waals surface area contributed by atoms with Gasteiger partial charge in [-0.25, -0.2) is 4.39 Å². The van der Waals surface area contributed by atoms with E-state index in [9.17, 15) is 4.39 Å². The zero-order valence-electron chi connectivity index (χ0n) is 9.53. The molecule has 2 aliphatic rings. The van der Waals surface area contributed by atoms with Crippen molar-refractivity contribution >= 4 is 11.8 Å². The first-order valence-electron chi connectivity index (χ1n) is 5.94. The predicted molar refractivity (Wildman–Crippen MR) is 66.0 cm³/mol. The molecule has 1 saturated carbocycles. The van der Waals surface area contributed by atoms with Crippen LogP contribution in [0.15, 0.2) is 29.3 Å². The van der Waals surface area contributed by atoms with Gasteiger partial charge in [-0.15, -0.1) is 0 Å². The molecule has 1 aliphatic heterocycles. The van der Waals surface area contributed by atoms with Gasteiger partial charge in [-0.05, 0) is 48.6 Å². The molecule has 0 amide bonds. The summed E-state index contributed by atoms with van der Waals surface area (Å²) in [7, 11) is 0. The summed E-state index contributed by atoms with van der Waals surface area (Å²) in [6.45, 7) is 1.36. The number of hydrogen-bond donors (Lipinski definition) is 0. The Balaban J connectivity index is 1.84. The van der Waals surface area contributed by atoms with Crippen molar-refractivity contribution in [1.82, 2.24) is 0 Å².